The van der Waals surface area contributed by atoms with E-state index in [4.69, 9.17) is 0 Å². The molecule has 1 fully saturated rings. The van der Waals surface area contributed by atoms with Crippen molar-refractivity contribution in [1.29, 1.82) is 0 Å². The minimum Gasteiger partial charge on any atom is -0.313 e. The molecular weight excluding hydrogens is 240 g/mol. The van der Waals surface area contributed by atoms with E-state index >= 15 is 0 Å². The minimum atomic E-state index is -3.19. The van der Waals surface area contributed by atoms with Gasteiger partial charge >= 0.3 is 0 Å². The standard InChI is InChI=1S/C10H18N4O2S/c1-14(7-9-5-12-13-6-9)17(15,16)8-10-3-2-4-11-10/h5-6,10-11H,2-4,7-8H2,1H3,(H,12,13). The molecule has 0 spiro atoms. The van der Waals surface area contributed by atoms with Crippen LogP contribution in [-0.2, 0) is 16.6 Å². The first-order valence-electron chi connectivity index (χ1n) is 5.73. The van der Waals surface area contributed by atoms with Crippen molar-refractivity contribution in [3.05, 3.63) is 18.0 Å². The average molecular weight is 258 g/mol. The molecule has 0 aliphatic carbocycles. The molecule has 1 saturated heterocycles. The maximum atomic E-state index is 12.1. The molecule has 96 valence electrons. The molecular formula is C10H18N4O2S. The normalized spacial score (nSPS) is 21.2. The smallest absolute Gasteiger partial charge is 0.215 e. The fraction of sp³-hybridized carbons (Fsp3) is 0.700. The Hall–Kier alpha value is -0.920. The van der Waals surface area contributed by atoms with Gasteiger partial charge in [-0.15, -0.1) is 0 Å². The van der Waals surface area contributed by atoms with E-state index in [0.717, 1.165) is 24.9 Å². The Morgan fingerprint density at radius 1 is 1.59 bits per heavy atom. The van der Waals surface area contributed by atoms with E-state index in [-0.39, 0.29) is 11.8 Å². The first-order valence-corrected chi connectivity index (χ1v) is 7.34. The van der Waals surface area contributed by atoms with Gasteiger partial charge in [-0.05, 0) is 19.4 Å². The summed E-state index contributed by atoms with van der Waals surface area (Å²) >= 11 is 0. The number of aromatic nitrogens is 2. The lowest BCUT2D eigenvalue weighted by Gasteiger charge is -2.19. The van der Waals surface area contributed by atoms with E-state index in [1.165, 1.54) is 4.31 Å². The fourth-order valence-corrected chi connectivity index (χ4v) is 3.39. The predicted octanol–water partition coefficient (Wildman–Crippen LogP) is -0.0767. The highest BCUT2D eigenvalue weighted by Crippen LogP contribution is 2.12. The number of aromatic amines is 1. The molecule has 2 rings (SSSR count). The van der Waals surface area contributed by atoms with Gasteiger partial charge in [0.2, 0.25) is 10.0 Å². The summed E-state index contributed by atoms with van der Waals surface area (Å²) in [5, 5.41) is 9.68. The van der Waals surface area contributed by atoms with Gasteiger partial charge in [0, 0.05) is 31.4 Å². The monoisotopic (exact) mass is 258 g/mol. The molecule has 6 nitrogen and oxygen atoms in total. The van der Waals surface area contributed by atoms with Gasteiger partial charge in [-0.2, -0.15) is 5.10 Å². The summed E-state index contributed by atoms with van der Waals surface area (Å²) in [6.45, 7) is 1.29. The zero-order valence-corrected chi connectivity index (χ0v) is 10.7. The number of H-pyrrole nitrogens is 1. The molecule has 0 aromatic carbocycles. The summed E-state index contributed by atoms with van der Waals surface area (Å²) in [4.78, 5) is 0. The van der Waals surface area contributed by atoms with E-state index in [2.05, 4.69) is 15.5 Å². The Kier molecular flexibility index (Phi) is 3.80. The van der Waals surface area contributed by atoms with E-state index in [0.29, 0.717) is 6.54 Å². The third-order valence-corrected chi connectivity index (χ3v) is 4.91. The third kappa shape index (κ3) is 3.27. The van der Waals surface area contributed by atoms with Crippen molar-refractivity contribution in [2.75, 3.05) is 19.3 Å². The molecule has 2 N–H and O–H groups in total. The van der Waals surface area contributed by atoms with Gasteiger partial charge in [0.15, 0.2) is 0 Å². The molecule has 0 bridgehead atoms. The van der Waals surface area contributed by atoms with Crippen LogP contribution in [0.1, 0.15) is 18.4 Å². The Morgan fingerprint density at radius 2 is 2.41 bits per heavy atom. The SMILES string of the molecule is CN(Cc1cn[nH]c1)S(=O)(=O)CC1CCCN1. The molecule has 2 heterocycles. The van der Waals surface area contributed by atoms with Crippen LogP contribution in [0.2, 0.25) is 0 Å². The van der Waals surface area contributed by atoms with Crippen LogP contribution in [-0.4, -0.2) is 48.3 Å². The summed E-state index contributed by atoms with van der Waals surface area (Å²) in [7, 11) is -1.58. The summed E-state index contributed by atoms with van der Waals surface area (Å²) in [6.07, 6.45) is 5.35. The second-order valence-corrected chi connectivity index (χ2v) is 6.55. The lowest BCUT2D eigenvalue weighted by molar-refractivity contribution is 0.459. The van der Waals surface area contributed by atoms with Crippen LogP contribution in [0, 0.1) is 0 Å². The number of nitrogens with one attached hydrogen (secondary N) is 2. The number of sulfonamides is 1. The van der Waals surface area contributed by atoms with Crippen LogP contribution in [0.3, 0.4) is 0 Å². The second kappa shape index (κ2) is 5.16. The molecule has 17 heavy (non-hydrogen) atoms. The topological polar surface area (TPSA) is 78.1 Å². The zero-order chi connectivity index (χ0) is 12.3. The summed E-state index contributed by atoms with van der Waals surface area (Å²) in [5.41, 5.74) is 0.871. The van der Waals surface area contributed by atoms with Crippen LogP contribution >= 0.6 is 0 Å². The first kappa shape index (κ1) is 12.5. The molecule has 1 aromatic rings. The minimum absolute atomic E-state index is 0.104. The molecule has 1 aliphatic heterocycles. The highest BCUT2D eigenvalue weighted by Gasteiger charge is 2.25. The molecule has 1 unspecified atom stereocenters. The predicted molar refractivity (Wildman–Crippen MR) is 64.9 cm³/mol. The number of hydrogen-bond acceptors (Lipinski definition) is 4. The van der Waals surface area contributed by atoms with Crippen LogP contribution in [0.4, 0.5) is 0 Å². The molecule has 1 aliphatic rings. The molecule has 0 amide bonds. The molecule has 7 heteroatoms. The van der Waals surface area contributed by atoms with Crippen molar-refractivity contribution in [2.45, 2.75) is 25.4 Å². The lowest BCUT2D eigenvalue weighted by Crippen LogP contribution is -2.37. The Morgan fingerprint density at radius 3 is 3.00 bits per heavy atom. The van der Waals surface area contributed by atoms with Crippen molar-refractivity contribution < 1.29 is 8.42 Å². The highest BCUT2D eigenvalue weighted by atomic mass is 32.2. The number of nitrogens with zero attached hydrogens (tertiary/aromatic N) is 2. The van der Waals surface area contributed by atoms with Crippen LogP contribution in [0.15, 0.2) is 12.4 Å². The van der Waals surface area contributed by atoms with Gasteiger partial charge in [0.05, 0.1) is 11.9 Å². The lowest BCUT2D eigenvalue weighted by atomic mass is 10.3. The fourth-order valence-electron chi connectivity index (χ4n) is 2.00. The van der Waals surface area contributed by atoms with Gasteiger partial charge in [0.1, 0.15) is 0 Å². The zero-order valence-electron chi connectivity index (χ0n) is 9.89. The van der Waals surface area contributed by atoms with Gasteiger partial charge < -0.3 is 5.32 Å². The second-order valence-electron chi connectivity index (χ2n) is 4.43. The van der Waals surface area contributed by atoms with Gasteiger partial charge in [-0.25, -0.2) is 12.7 Å². The Bertz CT molecular complexity index is 437. The molecule has 1 atom stereocenters. The summed E-state index contributed by atoms with van der Waals surface area (Å²) in [6, 6.07) is 0.104. The van der Waals surface area contributed by atoms with Crippen molar-refractivity contribution in [3.8, 4) is 0 Å². The summed E-state index contributed by atoms with van der Waals surface area (Å²) in [5.74, 6) is 0.182. The van der Waals surface area contributed by atoms with Crippen molar-refractivity contribution in [3.63, 3.8) is 0 Å². The highest BCUT2D eigenvalue weighted by molar-refractivity contribution is 7.89. The molecule has 0 radical (unpaired) electrons. The van der Waals surface area contributed by atoms with Crippen LogP contribution in [0.25, 0.3) is 0 Å². The van der Waals surface area contributed by atoms with Gasteiger partial charge in [0.25, 0.3) is 0 Å². The average Bonchev–Trinajstić information content (AvgIpc) is 2.90. The van der Waals surface area contributed by atoms with E-state index in [1.54, 1.807) is 19.4 Å². The van der Waals surface area contributed by atoms with Gasteiger partial charge in [-0.1, -0.05) is 0 Å². The Balaban J connectivity index is 1.94. The van der Waals surface area contributed by atoms with Crippen LogP contribution in [0.5, 0.6) is 0 Å². The quantitative estimate of drug-likeness (QED) is 0.774. The van der Waals surface area contributed by atoms with E-state index in [1.807, 2.05) is 0 Å². The Labute approximate surface area is 101 Å². The van der Waals surface area contributed by atoms with Crippen LogP contribution < -0.4 is 5.32 Å². The van der Waals surface area contributed by atoms with Gasteiger partial charge in [-0.3, -0.25) is 5.10 Å². The molecule has 0 saturated carbocycles. The maximum Gasteiger partial charge on any atom is 0.215 e. The molecule has 1 aromatic heterocycles. The maximum absolute atomic E-state index is 12.1. The number of rotatable bonds is 5. The van der Waals surface area contributed by atoms with Crippen molar-refractivity contribution >= 4 is 10.0 Å². The van der Waals surface area contributed by atoms with E-state index in [9.17, 15) is 8.42 Å². The van der Waals surface area contributed by atoms with Crippen molar-refractivity contribution in [1.82, 2.24) is 19.8 Å². The first-order chi connectivity index (χ1) is 8.08. The third-order valence-electron chi connectivity index (χ3n) is 3.01. The largest absolute Gasteiger partial charge is 0.313 e. The van der Waals surface area contributed by atoms with E-state index < -0.39 is 10.0 Å². The number of hydrogen-bond donors (Lipinski definition) is 2. The van der Waals surface area contributed by atoms with Crippen molar-refractivity contribution in [2.24, 2.45) is 0 Å². The summed E-state index contributed by atoms with van der Waals surface area (Å²) < 4.78 is 25.5.